The number of benzene rings is 2. The van der Waals surface area contributed by atoms with E-state index >= 15 is 0 Å². The van der Waals surface area contributed by atoms with E-state index in [-0.39, 0.29) is 17.4 Å². The fourth-order valence-electron chi connectivity index (χ4n) is 2.60. The lowest BCUT2D eigenvalue weighted by atomic mass is 10.00. The molecule has 0 aliphatic heterocycles. The lowest BCUT2D eigenvalue weighted by Gasteiger charge is -2.09. The topological polar surface area (TPSA) is 98.2 Å². The molecule has 0 aliphatic rings. The summed E-state index contributed by atoms with van der Waals surface area (Å²) in [6, 6.07) is 7.11. The van der Waals surface area contributed by atoms with Crippen LogP contribution in [-0.2, 0) is 4.79 Å². The summed E-state index contributed by atoms with van der Waals surface area (Å²) in [5.74, 6) is 0.0468. The molecule has 0 radical (unpaired) electrons. The number of hydrogen-bond acceptors (Lipinski definition) is 4. The number of fused-ring (bicyclic) bond motifs is 1. The van der Waals surface area contributed by atoms with Crippen LogP contribution in [-0.4, -0.2) is 26.3 Å². The van der Waals surface area contributed by atoms with Crippen LogP contribution >= 0.6 is 0 Å². The first-order valence-electron chi connectivity index (χ1n) is 7.17. The van der Waals surface area contributed by atoms with Crippen LogP contribution in [0.5, 0.6) is 11.5 Å². The van der Waals surface area contributed by atoms with Crippen LogP contribution in [0.25, 0.3) is 22.2 Å². The average molecular weight is 311 g/mol. The molecule has 23 heavy (non-hydrogen) atoms. The second-order valence-electron chi connectivity index (χ2n) is 5.53. The van der Waals surface area contributed by atoms with Crippen molar-refractivity contribution in [2.45, 2.75) is 20.8 Å². The first-order valence-corrected chi connectivity index (χ1v) is 7.17. The Morgan fingerprint density at radius 1 is 1.09 bits per heavy atom. The maximum atomic E-state index is 11.1. The van der Waals surface area contributed by atoms with Gasteiger partial charge in [0.15, 0.2) is 0 Å². The lowest BCUT2D eigenvalue weighted by Crippen LogP contribution is -2.05. The molecule has 0 aliphatic carbocycles. The highest BCUT2D eigenvalue weighted by molar-refractivity contribution is 6.02. The molecule has 2 aromatic carbocycles. The third kappa shape index (κ3) is 2.38. The van der Waals surface area contributed by atoms with Crippen molar-refractivity contribution >= 4 is 22.5 Å². The Labute approximate surface area is 132 Å². The van der Waals surface area contributed by atoms with E-state index in [0.717, 1.165) is 5.56 Å². The molecule has 6 heteroatoms. The number of aromatic amines is 1. The summed E-state index contributed by atoms with van der Waals surface area (Å²) < 4.78 is 0. The zero-order valence-electron chi connectivity index (χ0n) is 13.1. The Balaban J connectivity index is 2.16. The second kappa shape index (κ2) is 5.31. The van der Waals surface area contributed by atoms with Crippen molar-refractivity contribution in [3.05, 3.63) is 35.4 Å². The van der Waals surface area contributed by atoms with Gasteiger partial charge in [0.2, 0.25) is 5.91 Å². The molecule has 0 spiro atoms. The van der Waals surface area contributed by atoms with Gasteiger partial charge in [-0.1, -0.05) is 12.1 Å². The summed E-state index contributed by atoms with van der Waals surface area (Å²) in [5, 5.41) is 30.9. The SMILES string of the molecule is CC(=O)Nc1ccc(-c2n[nH]c3c(O)c(C)c(C)c(O)c23)cc1. The molecular weight excluding hydrogens is 294 g/mol. The smallest absolute Gasteiger partial charge is 0.221 e. The molecule has 1 amide bonds. The molecule has 0 saturated carbocycles. The van der Waals surface area contributed by atoms with E-state index in [1.807, 2.05) is 0 Å². The van der Waals surface area contributed by atoms with E-state index in [2.05, 4.69) is 15.5 Å². The molecule has 3 aromatic rings. The number of H-pyrrole nitrogens is 1. The number of aromatic nitrogens is 2. The van der Waals surface area contributed by atoms with Crippen LogP contribution in [0.1, 0.15) is 18.1 Å². The Morgan fingerprint density at radius 2 is 1.70 bits per heavy atom. The first kappa shape index (κ1) is 14.9. The lowest BCUT2D eigenvalue weighted by molar-refractivity contribution is -0.114. The van der Waals surface area contributed by atoms with E-state index in [9.17, 15) is 15.0 Å². The monoisotopic (exact) mass is 311 g/mol. The molecule has 0 unspecified atom stereocenters. The van der Waals surface area contributed by atoms with Crippen molar-refractivity contribution in [2.75, 3.05) is 5.32 Å². The molecule has 1 aromatic heterocycles. The Hall–Kier alpha value is -3.02. The quantitative estimate of drug-likeness (QED) is 0.546. The number of carbonyl (C=O) groups is 1. The zero-order chi connectivity index (χ0) is 16.7. The van der Waals surface area contributed by atoms with E-state index in [1.165, 1.54) is 6.92 Å². The standard InChI is InChI=1S/C17H17N3O3/c1-8-9(2)17(23)15-13(16(8)22)14(19-20-15)11-4-6-12(7-5-11)18-10(3)21/h4-7,22-23H,1-3H3,(H,18,21)(H,19,20). The van der Waals surface area contributed by atoms with Gasteiger partial charge in [-0.25, -0.2) is 0 Å². The average Bonchev–Trinajstić information content (AvgIpc) is 2.96. The van der Waals surface area contributed by atoms with E-state index < -0.39 is 0 Å². The Kier molecular flexibility index (Phi) is 3.44. The van der Waals surface area contributed by atoms with Gasteiger partial charge in [0.05, 0.1) is 5.39 Å². The summed E-state index contributed by atoms with van der Waals surface area (Å²) in [6.07, 6.45) is 0. The van der Waals surface area contributed by atoms with E-state index in [0.29, 0.717) is 33.4 Å². The number of amides is 1. The number of phenols is 2. The zero-order valence-corrected chi connectivity index (χ0v) is 13.1. The maximum absolute atomic E-state index is 11.1. The van der Waals surface area contributed by atoms with Crippen molar-refractivity contribution in [3.63, 3.8) is 0 Å². The highest BCUT2D eigenvalue weighted by Gasteiger charge is 2.19. The van der Waals surface area contributed by atoms with Crippen LogP contribution in [0.15, 0.2) is 24.3 Å². The largest absolute Gasteiger partial charge is 0.507 e. The van der Waals surface area contributed by atoms with Crippen molar-refractivity contribution in [1.82, 2.24) is 10.2 Å². The van der Waals surface area contributed by atoms with E-state index in [4.69, 9.17) is 0 Å². The third-order valence-corrected chi connectivity index (χ3v) is 3.99. The number of phenolic OH excluding ortho intramolecular Hbond substituents is 2. The van der Waals surface area contributed by atoms with Crippen molar-refractivity contribution in [3.8, 4) is 22.8 Å². The van der Waals surface area contributed by atoms with Gasteiger partial charge >= 0.3 is 0 Å². The summed E-state index contributed by atoms with van der Waals surface area (Å²) in [5.41, 5.74) is 3.64. The fourth-order valence-corrected chi connectivity index (χ4v) is 2.60. The third-order valence-electron chi connectivity index (χ3n) is 3.99. The molecule has 118 valence electrons. The number of nitrogens with zero attached hydrogens (tertiary/aromatic N) is 1. The molecule has 6 nitrogen and oxygen atoms in total. The van der Waals surface area contributed by atoms with Gasteiger partial charge in [0.25, 0.3) is 0 Å². The van der Waals surface area contributed by atoms with Crippen LogP contribution in [0.4, 0.5) is 5.69 Å². The molecule has 0 fully saturated rings. The van der Waals surface area contributed by atoms with E-state index in [1.54, 1.807) is 38.1 Å². The summed E-state index contributed by atoms with van der Waals surface area (Å²) in [6.45, 7) is 4.94. The Morgan fingerprint density at radius 3 is 2.30 bits per heavy atom. The highest BCUT2D eigenvalue weighted by atomic mass is 16.3. The number of carbonyl (C=O) groups excluding carboxylic acids is 1. The van der Waals surface area contributed by atoms with Gasteiger partial charge in [0, 0.05) is 18.2 Å². The van der Waals surface area contributed by atoms with Gasteiger partial charge < -0.3 is 15.5 Å². The van der Waals surface area contributed by atoms with Crippen molar-refractivity contribution < 1.29 is 15.0 Å². The summed E-state index contributed by atoms with van der Waals surface area (Å²) in [7, 11) is 0. The fraction of sp³-hybridized carbons (Fsp3) is 0.176. The van der Waals surface area contributed by atoms with Gasteiger partial charge in [-0.3, -0.25) is 9.89 Å². The maximum Gasteiger partial charge on any atom is 0.221 e. The summed E-state index contributed by atoms with van der Waals surface area (Å²) in [4.78, 5) is 11.1. The Bertz CT molecular complexity index is 911. The second-order valence-corrected chi connectivity index (χ2v) is 5.53. The summed E-state index contributed by atoms with van der Waals surface area (Å²) >= 11 is 0. The van der Waals surface area contributed by atoms with Crippen LogP contribution in [0, 0.1) is 13.8 Å². The van der Waals surface area contributed by atoms with Gasteiger partial charge in [-0.05, 0) is 37.1 Å². The van der Waals surface area contributed by atoms with Crippen molar-refractivity contribution in [2.24, 2.45) is 0 Å². The first-order chi connectivity index (χ1) is 10.9. The van der Waals surface area contributed by atoms with Crippen molar-refractivity contribution in [1.29, 1.82) is 0 Å². The molecule has 1 heterocycles. The number of hydrogen-bond donors (Lipinski definition) is 4. The molecular formula is C17H17N3O3. The number of nitrogens with one attached hydrogen (secondary N) is 2. The van der Waals surface area contributed by atoms with Crippen LogP contribution in [0.2, 0.25) is 0 Å². The van der Waals surface area contributed by atoms with Crippen LogP contribution < -0.4 is 5.32 Å². The molecule has 0 atom stereocenters. The van der Waals surface area contributed by atoms with Gasteiger partial charge in [0.1, 0.15) is 22.7 Å². The number of rotatable bonds is 2. The highest BCUT2D eigenvalue weighted by Crippen LogP contribution is 2.42. The predicted octanol–water partition coefficient (Wildman–Crippen LogP) is 3.22. The molecule has 0 bridgehead atoms. The molecule has 3 rings (SSSR count). The molecule has 0 saturated heterocycles. The minimum absolute atomic E-state index is 0.0870. The number of aromatic hydroxyl groups is 2. The normalized spacial score (nSPS) is 10.9. The minimum atomic E-state index is -0.142. The van der Waals surface area contributed by atoms with Gasteiger partial charge in [-0.2, -0.15) is 5.10 Å². The minimum Gasteiger partial charge on any atom is -0.507 e. The number of anilines is 1. The van der Waals surface area contributed by atoms with Gasteiger partial charge in [-0.15, -0.1) is 0 Å². The predicted molar refractivity (Wildman–Crippen MR) is 88.6 cm³/mol. The molecule has 4 N–H and O–H groups in total. The van der Waals surface area contributed by atoms with Crippen LogP contribution in [0.3, 0.4) is 0 Å².